The van der Waals surface area contributed by atoms with Crippen LogP contribution in [0.2, 0.25) is 0 Å². The Morgan fingerprint density at radius 1 is 1.14 bits per heavy atom. The van der Waals surface area contributed by atoms with E-state index in [2.05, 4.69) is 5.32 Å². The summed E-state index contributed by atoms with van der Waals surface area (Å²) in [5.74, 6) is -0.473. The van der Waals surface area contributed by atoms with Crippen molar-refractivity contribution in [2.75, 3.05) is 11.9 Å². The first-order chi connectivity index (χ1) is 10.6. The van der Waals surface area contributed by atoms with Crippen LogP contribution in [-0.2, 0) is 0 Å². The van der Waals surface area contributed by atoms with Crippen LogP contribution >= 0.6 is 0 Å². The largest absolute Gasteiger partial charge is 0.504 e. The van der Waals surface area contributed by atoms with Gasteiger partial charge in [0.25, 0.3) is 5.91 Å². The van der Waals surface area contributed by atoms with Crippen molar-refractivity contribution >= 4 is 11.6 Å². The number of aromatic hydroxyl groups is 2. The van der Waals surface area contributed by atoms with E-state index in [1.54, 1.807) is 23.1 Å². The molecule has 114 valence electrons. The first-order valence-electron chi connectivity index (χ1n) is 7.31. The summed E-state index contributed by atoms with van der Waals surface area (Å²) in [5, 5.41) is 23.1. The molecule has 0 spiro atoms. The molecule has 0 unspecified atom stereocenters. The Labute approximate surface area is 128 Å². The molecule has 22 heavy (non-hydrogen) atoms. The average Bonchev–Trinajstić information content (AvgIpc) is 2.53. The second kappa shape index (κ2) is 5.60. The van der Waals surface area contributed by atoms with E-state index < -0.39 is 6.17 Å². The SMILES string of the molecule is CCCN1C(=O)c2ccccc2N[C@@H]1c1cccc(O)c1O. The normalized spacial score (nSPS) is 17.0. The van der Waals surface area contributed by atoms with Gasteiger partial charge in [0.1, 0.15) is 6.17 Å². The summed E-state index contributed by atoms with van der Waals surface area (Å²) < 4.78 is 0. The highest BCUT2D eigenvalue weighted by Gasteiger charge is 2.33. The maximum Gasteiger partial charge on any atom is 0.257 e. The van der Waals surface area contributed by atoms with Gasteiger partial charge in [-0.1, -0.05) is 31.2 Å². The van der Waals surface area contributed by atoms with Crippen molar-refractivity contribution in [3.63, 3.8) is 0 Å². The molecule has 2 aromatic rings. The number of hydrogen-bond donors (Lipinski definition) is 3. The van der Waals surface area contributed by atoms with Crippen molar-refractivity contribution in [1.82, 2.24) is 4.90 Å². The predicted molar refractivity (Wildman–Crippen MR) is 83.9 cm³/mol. The zero-order valence-corrected chi connectivity index (χ0v) is 12.3. The van der Waals surface area contributed by atoms with Gasteiger partial charge in [-0.05, 0) is 24.6 Å². The quantitative estimate of drug-likeness (QED) is 0.761. The number of para-hydroxylation sites is 2. The number of anilines is 1. The molecule has 1 aliphatic heterocycles. The molecule has 1 heterocycles. The van der Waals surface area contributed by atoms with Crippen molar-refractivity contribution < 1.29 is 15.0 Å². The van der Waals surface area contributed by atoms with Crippen molar-refractivity contribution in [1.29, 1.82) is 0 Å². The lowest BCUT2D eigenvalue weighted by atomic mass is 10.0. The summed E-state index contributed by atoms with van der Waals surface area (Å²) in [6.45, 7) is 2.55. The van der Waals surface area contributed by atoms with Gasteiger partial charge in [-0.25, -0.2) is 0 Å². The number of carbonyl (C=O) groups is 1. The lowest BCUT2D eigenvalue weighted by Crippen LogP contribution is -2.43. The van der Waals surface area contributed by atoms with E-state index in [4.69, 9.17) is 0 Å². The van der Waals surface area contributed by atoms with E-state index in [9.17, 15) is 15.0 Å². The number of benzene rings is 2. The Morgan fingerprint density at radius 3 is 2.68 bits per heavy atom. The van der Waals surface area contributed by atoms with Crippen LogP contribution in [0.3, 0.4) is 0 Å². The van der Waals surface area contributed by atoms with Crippen LogP contribution in [0, 0.1) is 0 Å². The number of phenolic OH excluding ortho intramolecular Hbond substituents is 2. The number of nitrogens with one attached hydrogen (secondary N) is 1. The number of amides is 1. The maximum absolute atomic E-state index is 12.7. The van der Waals surface area contributed by atoms with Crippen LogP contribution < -0.4 is 5.32 Å². The van der Waals surface area contributed by atoms with Gasteiger partial charge in [-0.2, -0.15) is 0 Å². The van der Waals surface area contributed by atoms with Crippen molar-refractivity contribution in [2.24, 2.45) is 0 Å². The summed E-state index contributed by atoms with van der Waals surface area (Å²) in [4.78, 5) is 14.4. The minimum Gasteiger partial charge on any atom is -0.504 e. The first-order valence-corrected chi connectivity index (χ1v) is 7.31. The number of hydrogen-bond acceptors (Lipinski definition) is 4. The van der Waals surface area contributed by atoms with E-state index in [0.717, 1.165) is 12.1 Å². The molecular formula is C17H18N2O3. The van der Waals surface area contributed by atoms with Gasteiger partial charge in [-0.15, -0.1) is 0 Å². The molecule has 0 fully saturated rings. The molecule has 0 bridgehead atoms. The standard InChI is InChI=1S/C17H18N2O3/c1-2-10-19-16(12-7-5-9-14(20)15(12)21)18-13-8-4-3-6-11(13)17(19)22/h3-9,16,18,20-21H,2,10H2,1H3/t16-/m0/s1. The topological polar surface area (TPSA) is 72.8 Å². The summed E-state index contributed by atoms with van der Waals surface area (Å²) in [6, 6.07) is 12.1. The van der Waals surface area contributed by atoms with E-state index in [-0.39, 0.29) is 17.4 Å². The summed E-state index contributed by atoms with van der Waals surface area (Å²) in [5.41, 5.74) is 1.83. The molecule has 0 aliphatic carbocycles. The van der Waals surface area contributed by atoms with Gasteiger partial charge < -0.3 is 20.4 Å². The highest BCUT2D eigenvalue weighted by atomic mass is 16.3. The molecule has 1 amide bonds. The molecule has 2 aromatic carbocycles. The Balaban J connectivity index is 2.09. The second-order valence-corrected chi connectivity index (χ2v) is 5.31. The molecule has 3 N–H and O–H groups in total. The number of fused-ring (bicyclic) bond motifs is 1. The van der Waals surface area contributed by atoms with E-state index in [0.29, 0.717) is 17.7 Å². The molecule has 1 aliphatic rings. The third-order valence-corrected chi connectivity index (χ3v) is 3.83. The molecule has 0 saturated carbocycles. The van der Waals surface area contributed by atoms with Crippen LogP contribution in [0.5, 0.6) is 11.5 Å². The summed E-state index contributed by atoms with van der Waals surface area (Å²) in [7, 11) is 0. The lowest BCUT2D eigenvalue weighted by Gasteiger charge is -2.38. The van der Waals surface area contributed by atoms with Gasteiger partial charge in [0.15, 0.2) is 11.5 Å². The van der Waals surface area contributed by atoms with Crippen LogP contribution in [0.1, 0.15) is 35.4 Å². The predicted octanol–water partition coefficient (Wildman–Crippen LogP) is 3.07. The van der Waals surface area contributed by atoms with Crippen molar-refractivity contribution in [3.05, 3.63) is 53.6 Å². The van der Waals surface area contributed by atoms with Crippen LogP contribution in [0.25, 0.3) is 0 Å². The van der Waals surface area contributed by atoms with Gasteiger partial charge in [0, 0.05) is 17.8 Å². The minimum atomic E-state index is -0.505. The van der Waals surface area contributed by atoms with E-state index in [1.165, 1.54) is 6.07 Å². The fourth-order valence-electron chi connectivity index (χ4n) is 2.78. The fraction of sp³-hybridized carbons (Fsp3) is 0.235. The monoisotopic (exact) mass is 298 g/mol. The summed E-state index contributed by atoms with van der Waals surface area (Å²) >= 11 is 0. The van der Waals surface area contributed by atoms with Crippen LogP contribution in [0.15, 0.2) is 42.5 Å². The first kappa shape index (κ1) is 14.3. The smallest absolute Gasteiger partial charge is 0.257 e. The minimum absolute atomic E-state index is 0.0797. The van der Waals surface area contributed by atoms with E-state index >= 15 is 0 Å². The highest BCUT2D eigenvalue weighted by molar-refractivity contribution is 6.01. The number of phenols is 2. The zero-order chi connectivity index (χ0) is 15.7. The zero-order valence-electron chi connectivity index (χ0n) is 12.3. The molecule has 1 atom stereocenters. The third-order valence-electron chi connectivity index (χ3n) is 3.83. The van der Waals surface area contributed by atoms with Crippen molar-refractivity contribution in [3.8, 4) is 11.5 Å². The number of rotatable bonds is 3. The molecule has 3 rings (SSSR count). The fourth-order valence-corrected chi connectivity index (χ4v) is 2.78. The number of nitrogens with zero attached hydrogens (tertiary/aromatic N) is 1. The van der Waals surface area contributed by atoms with Gasteiger partial charge >= 0.3 is 0 Å². The van der Waals surface area contributed by atoms with Crippen LogP contribution in [-0.4, -0.2) is 27.6 Å². The molecular weight excluding hydrogens is 280 g/mol. The van der Waals surface area contributed by atoms with Gasteiger partial charge in [-0.3, -0.25) is 4.79 Å². The van der Waals surface area contributed by atoms with Crippen molar-refractivity contribution in [2.45, 2.75) is 19.5 Å². The molecule has 0 saturated heterocycles. The highest BCUT2D eigenvalue weighted by Crippen LogP contribution is 2.39. The Morgan fingerprint density at radius 2 is 1.91 bits per heavy atom. The maximum atomic E-state index is 12.7. The molecule has 5 heteroatoms. The molecule has 0 radical (unpaired) electrons. The third kappa shape index (κ3) is 2.24. The Kier molecular flexibility index (Phi) is 3.63. The van der Waals surface area contributed by atoms with Gasteiger partial charge in [0.05, 0.1) is 5.56 Å². The Bertz CT molecular complexity index is 715. The lowest BCUT2D eigenvalue weighted by molar-refractivity contribution is 0.0681. The van der Waals surface area contributed by atoms with Gasteiger partial charge in [0.2, 0.25) is 0 Å². The van der Waals surface area contributed by atoms with Crippen LogP contribution in [0.4, 0.5) is 5.69 Å². The molecule has 0 aromatic heterocycles. The number of carbonyl (C=O) groups excluding carboxylic acids is 1. The summed E-state index contributed by atoms with van der Waals surface area (Å²) in [6.07, 6.45) is 0.292. The Hall–Kier alpha value is -2.69. The second-order valence-electron chi connectivity index (χ2n) is 5.31. The molecule has 5 nitrogen and oxygen atoms in total. The average molecular weight is 298 g/mol. The van der Waals surface area contributed by atoms with E-state index in [1.807, 2.05) is 25.1 Å².